The van der Waals surface area contributed by atoms with Gasteiger partial charge in [-0.05, 0) is 49.2 Å². The molecule has 0 saturated carbocycles. The van der Waals surface area contributed by atoms with Crippen LogP contribution in [0.4, 0.5) is 13.2 Å². The van der Waals surface area contributed by atoms with Crippen molar-refractivity contribution in [3.8, 4) is 0 Å². The van der Waals surface area contributed by atoms with Crippen molar-refractivity contribution in [3.63, 3.8) is 0 Å². The largest absolute Gasteiger partial charge is 0.310 e. The van der Waals surface area contributed by atoms with Crippen molar-refractivity contribution >= 4 is 0 Å². The number of hydrogen-bond acceptors (Lipinski definition) is 1. The highest BCUT2D eigenvalue weighted by molar-refractivity contribution is 5.28. The first-order valence-corrected chi connectivity index (χ1v) is 6.94. The van der Waals surface area contributed by atoms with Crippen LogP contribution in [0.2, 0.25) is 0 Å². The maximum absolute atomic E-state index is 14.1. The standard InChI is InChI=1S/C17H18F3N/c1-3-21-17(13-6-4-11(2)8-15(13)19)10-12-5-7-14(18)16(20)9-12/h4-9,17,21H,3,10H2,1-2H3. The molecule has 0 heterocycles. The Hall–Kier alpha value is -1.81. The number of benzene rings is 2. The lowest BCUT2D eigenvalue weighted by molar-refractivity contribution is 0.495. The van der Waals surface area contributed by atoms with E-state index in [2.05, 4.69) is 5.32 Å². The van der Waals surface area contributed by atoms with Crippen molar-refractivity contribution in [2.45, 2.75) is 26.3 Å². The molecule has 0 radical (unpaired) electrons. The lowest BCUT2D eigenvalue weighted by Gasteiger charge is -2.19. The summed E-state index contributed by atoms with van der Waals surface area (Å²) in [5.74, 6) is -2.05. The van der Waals surface area contributed by atoms with Gasteiger partial charge in [-0.2, -0.15) is 0 Å². The fourth-order valence-corrected chi connectivity index (χ4v) is 2.36. The molecule has 2 rings (SSSR count). The summed E-state index contributed by atoms with van der Waals surface area (Å²) >= 11 is 0. The summed E-state index contributed by atoms with van der Waals surface area (Å²) in [7, 11) is 0. The molecule has 0 amide bonds. The quantitative estimate of drug-likeness (QED) is 0.866. The summed E-state index contributed by atoms with van der Waals surface area (Å²) in [6.45, 7) is 4.40. The number of aryl methyl sites for hydroxylation is 1. The predicted molar refractivity (Wildman–Crippen MR) is 77.6 cm³/mol. The van der Waals surface area contributed by atoms with Crippen LogP contribution in [0.5, 0.6) is 0 Å². The van der Waals surface area contributed by atoms with Crippen molar-refractivity contribution < 1.29 is 13.2 Å². The zero-order chi connectivity index (χ0) is 15.4. The minimum atomic E-state index is -0.882. The molecule has 0 spiro atoms. The first-order valence-electron chi connectivity index (χ1n) is 6.94. The highest BCUT2D eigenvalue weighted by atomic mass is 19.2. The van der Waals surface area contributed by atoms with Gasteiger partial charge in [-0.15, -0.1) is 0 Å². The minimum absolute atomic E-state index is 0.277. The second-order valence-electron chi connectivity index (χ2n) is 5.09. The molecular formula is C17H18F3N. The van der Waals surface area contributed by atoms with E-state index in [1.54, 1.807) is 6.07 Å². The van der Waals surface area contributed by atoms with Crippen molar-refractivity contribution in [2.75, 3.05) is 6.54 Å². The van der Waals surface area contributed by atoms with E-state index in [1.165, 1.54) is 12.1 Å². The van der Waals surface area contributed by atoms with Gasteiger partial charge in [0, 0.05) is 11.6 Å². The molecule has 4 heteroatoms. The Balaban J connectivity index is 2.28. The minimum Gasteiger partial charge on any atom is -0.310 e. The van der Waals surface area contributed by atoms with Crippen molar-refractivity contribution in [3.05, 3.63) is 70.5 Å². The Morgan fingerprint density at radius 2 is 1.71 bits per heavy atom. The average molecular weight is 293 g/mol. The molecule has 0 bridgehead atoms. The topological polar surface area (TPSA) is 12.0 Å². The van der Waals surface area contributed by atoms with Gasteiger partial charge in [0.05, 0.1) is 0 Å². The van der Waals surface area contributed by atoms with Gasteiger partial charge in [-0.25, -0.2) is 13.2 Å². The summed E-state index contributed by atoms with van der Waals surface area (Å²) < 4.78 is 40.3. The number of hydrogen-bond donors (Lipinski definition) is 1. The monoisotopic (exact) mass is 293 g/mol. The summed E-state index contributed by atoms with van der Waals surface area (Å²) in [4.78, 5) is 0. The maximum Gasteiger partial charge on any atom is 0.159 e. The SMILES string of the molecule is CCNC(Cc1ccc(F)c(F)c1)c1ccc(C)cc1F. The second kappa shape index (κ2) is 6.76. The van der Waals surface area contributed by atoms with Crippen LogP contribution in [0.25, 0.3) is 0 Å². The molecule has 2 aromatic carbocycles. The Labute approximate surface area is 122 Å². The Morgan fingerprint density at radius 3 is 2.33 bits per heavy atom. The van der Waals surface area contributed by atoms with Gasteiger partial charge in [0.2, 0.25) is 0 Å². The van der Waals surface area contributed by atoms with Gasteiger partial charge >= 0.3 is 0 Å². The van der Waals surface area contributed by atoms with E-state index in [0.717, 1.165) is 17.7 Å². The molecule has 21 heavy (non-hydrogen) atoms. The van der Waals surface area contributed by atoms with Crippen molar-refractivity contribution in [1.29, 1.82) is 0 Å². The Kier molecular flexibility index (Phi) is 5.02. The van der Waals surface area contributed by atoms with Gasteiger partial charge in [0.1, 0.15) is 5.82 Å². The fraction of sp³-hybridized carbons (Fsp3) is 0.294. The first kappa shape index (κ1) is 15.6. The predicted octanol–water partition coefficient (Wildman–Crippen LogP) is 4.31. The molecule has 0 saturated heterocycles. The smallest absolute Gasteiger partial charge is 0.159 e. The van der Waals surface area contributed by atoms with E-state index in [4.69, 9.17) is 0 Å². The molecule has 0 aliphatic carbocycles. The zero-order valence-electron chi connectivity index (χ0n) is 12.1. The van der Waals surface area contributed by atoms with Crippen LogP contribution < -0.4 is 5.32 Å². The lowest BCUT2D eigenvalue weighted by Crippen LogP contribution is -2.24. The van der Waals surface area contributed by atoms with Gasteiger partial charge in [-0.1, -0.05) is 25.1 Å². The van der Waals surface area contributed by atoms with Crippen LogP contribution in [0.1, 0.15) is 29.7 Å². The second-order valence-corrected chi connectivity index (χ2v) is 5.09. The molecule has 0 aliphatic rings. The van der Waals surface area contributed by atoms with E-state index in [9.17, 15) is 13.2 Å². The third-order valence-corrected chi connectivity index (χ3v) is 3.41. The molecule has 1 atom stereocenters. The lowest BCUT2D eigenvalue weighted by atomic mass is 9.97. The highest BCUT2D eigenvalue weighted by Crippen LogP contribution is 2.23. The van der Waals surface area contributed by atoms with Crippen LogP contribution >= 0.6 is 0 Å². The number of rotatable bonds is 5. The molecule has 0 fully saturated rings. The van der Waals surface area contributed by atoms with E-state index in [-0.39, 0.29) is 11.9 Å². The van der Waals surface area contributed by atoms with E-state index in [1.807, 2.05) is 19.9 Å². The first-order chi connectivity index (χ1) is 10.0. The molecule has 0 aliphatic heterocycles. The molecule has 2 aromatic rings. The van der Waals surface area contributed by atoms with Crippen LogP contribution in [-0.2, 0) is 6.42 Å². The molecule has 1 nitrogen and oxygen atoms in total. The summed E-state index contributed by atoms with van der Waals surface area (Å²) in [6, 6.07) is 8.55. The Morgan fingerprint density at radius 1 is 0.952 bits per heavy atom. The summed E-state index contributed by atoms with van der Waals surface area (Å²) in [5.41, 5.74) is 2.01. The van der Waals surface area contributed by atoms with Crippen molar-refractivity contribution in [1.82, 2.24) is 5.32 Å². The van der Waals surface area contributed by atoms with E-state index in [0.29, 0.717) is 24.1 Å². The summed E-state index contributed by atoms with van der Waals surface area (Å²) in [5, 5.41) is 3.19. The number of halogens is 3. The zero-order valence-corrected chi connectivity index (χ0v) is 12.1. The van der Waals surface area contributed by atoms with E-state index < -0.39 is 11.6 Å². The van der Waals surface area contributed by atoms with Gasteiger partial charge in [-0.3, -0.25) is 0 Å². The van der Waals surface area contributed by atoms with Gasteiger partial charge in [0.25, 0.3) is 0 Å². The van der Waals surface area contributed by atoms with Crippen molar-refractivity contribution in [2.24, 2.45) is 0 Å². The average Bonchev–Trinajstić information content (AvgIpc) is 2.42. The molecular weight excluding hydrogens is 275 g/mol. The number of nitrogens with one attached hydrogen (secondary N) is 1. The van der Waals surface area contributed by atoms with Crippen LogP contribution in [0, 0.1) is 24.4 Å². The highest BCUT2D eigenvalue weighted by Gasteiger charge is 2.16. The molecule has 112 valence electrons. The fourth-order valence-electron chi connectivity index (χ4n) is 2.36. The van der Waals surface area contributed by atoms with Gasteiger partial charge < -0.3 is 5.32 Å². The normalized spacial score (nSPS) is 12.4. The molecule has 1 N–H and O–H groups in total. The van der Waals surface area contributed by atoms with Crippen LogP contribution in [0.15, 0.2) is 36.4 Å². The third kappa shape index (κ3) is 3.85. The maximum atomic E-state index is 14.1. The molecule has 0 aromatic heterocycles. The van der Waals surface area contributed by atoms with Crippen LogP contribution in [0.3, 0.4) is 0 Å². The van der Waals surface area contributed by atoms with E-state index >= 15 is 0 Å². The molecule has 1 unspecified atom stereocenters. The van der Waals surface area contributed by atoms with Gasteiger partial charge in [0.15, 0.2) is 11.6 Å². The number of likely N-dealkylation sites (N-methyl/N-ethyl adjacent to an activating group) is 1. The Bertz CT molecular complexity index is 625. The third-order valence-electron chi connectivity index (χ3n) is 3.41. The summed E-state index contributed by atoms with van der Waals surface area (Å²) in [6.07, 6.45) is 0.394. The van der Waals surface area contributed by atoms with Crippen LogP contribution in [-0.4, -0.2) is 6.54 Å².